The second-order valence-electron chi connectivity index (χ2n) is 5.02. The van der Waals surface area contributed by atoms with Crippen LogP contribution in [0.4, 0.5) is 5.69 Å². The van der Waals surface area contributed by atoms with E-state index >= 15 is 0 Å². The molecule has 1 aliphatic rings. The number of para-hydroxylation sites is 1. The van der Waals surface area contributed by atoms with Crippen molar-refractivity contribution in [3.05, 3.63) is 30.3 Å². The van der Waals surface area contributed by atoms with Crippen LogP contribution in [0.3, 0.4) is 0 Å². The van der Waals surface area contributed by atoms with E-state index in [4.69, 9.17) is 5.73 Å². The van der Waals surface area contributed by atoms with Crippen molar-refractivity contribution in [2.75, 3.05) is 30.5 Å². The first-order valence-electron chi connectivity index (χ1n) is 7.19. The van der Waals surface area contributed by atoms with E-state index in [1.807, 2.05) is 30.3 Å². The highest BCUT2D eigenvalue weighted by Gasteiger charge is 2.30. The first kappa shape index (κ1) is 15.3. The lowest BCUT2D eigenvalue weighted by Crippen LogP contribution is -2.46. The van der Waals surface area contributed by atoms with Gasteiger partial charge in [0.15, 0.2) is 0 Å². The summed E-state index contributed by atoms with van der Waals surface area (Å²) in [6.45, 7) is 2.15. The van der Waals surface area contributed by atoms with Crippen LogP contribution in [0.5, 0.6) is 0 Å². The number of piperidine rings is 1. The lowest BCUT2D eigenvalue weighted by molar-refractivity contribution is 0.345. The Morgan fingerprint density at radius 1 is 1.10 bits per heavy atom. The third-order valence-electron chi connectivity index (χ3n) is 3.53. The van der Waals surface area contributed by atoms with E-state index in [1.54, 1.807) is 4.31 Å². The van der Waals surface area contributed by atoms with Crippen LogP contribution in [0, 0.1) is 0 Å². The van der Waals surface area contributed by atoms with E-state index in [1.165, 1.54) is 4.31 Å². The van der Waals surface area contributed by atoms with Crippen LogP contribution in [0.15, 0.2) is 30.3 Å². The number of nitrogens with zero attached hydrogens (tertiary/aromatic N) is 2. The predicted octanol–water partition coefficient (Wildman–Crippen LogP) is 1.57. The normalized spacial score (nSPS) is 17.1. The quantitative estimate of drug-likeness (QED) is 0.867. The van der Waals surface area contributed by atoms with Crippen molar-refractivity contribution in [3.63, 3.8) is 0 Å². The van der Waals surface area contributed by atoms with E-state index in [2.05, 4.69) is 0 Å². The largest absolute Gasteiger partial charge is 0.330 e. The number of nitrogens with two attached hydrogens (primary N) is 1. The van der Waals surface area contributed by atoms with E-state index in [-0.39, 0.29) is 0 Å². The van der Waals surface area contributed by atoms with Gasteiger partial charge in [0.05, 0.1) is 5.69 Å². The first-order valence-corrected chi connectivity index (χ1v) is 8.59. The zero-order chi connectivity index (χ0) is 14.4. The van der Waals surface area contributed by atoms with Crippen molar-refractivity contribution < 1.29 is 8.42 Å². The molecule has 6 heteroatoms. The van der Waals surface area contributed by atoms with Crippen LogP contribution in [0.1, 0.15) is 25.7 Å². The van der Waals surface area contributed by atoms with Crippen LogP contribution < -0.4 is 10.0 Å². The molecule has 2 N–H and O–H groups in total. The van der Waals surface area contributed by atoms with Crippen molar-refractivity contribution in [3.8, 4) is 0 Å². The van der Waals surface area contributed by atoms with Crippen LogP contribution >= 0.6 is 0 Å². The summed E-state index contributed by atoms with van der Waals surface area (Å²) in [5, 5.41) is 0. The number of benzene rings is 1. The molecule has 0 bridgehead atoms. The molecular weight excluding hydrogens is 274 g/mol. The van der Waals surface area contributed by atoms with E-state index in [0.29, 0.717) is 38.3 Å². The van der Waals surface area contributed by atoms with E-state index < -0.39 is 10.2 Å². The average Bonchev–Trinajstić information content (AvgIpc) is 2.49. The van der Waals surface area contributed by atoms with Crippen molar-refractivity contribution in [2.24, 2.45) is 5.73 Å². The van der Waals surface area contributed by atoms with Crippen LogP contribution in [0.2, 0.25) is 0 Å². The number of hydrogen-bond acceptors (Lipinski definition) is 3. The monoisotopic (exact) mass is 297 g/mol. The Balaban J connectivity index is 2.25. The summed E-state index contributed by atoms with van der Waals surface area (Å²) in [4.78, 5) is 0. The molecule has 0 unspecified atom stereocenters. The van der Waals surface area contributed by atoms with Crippen molar-refractivity contribution in [2.45, 2.75) is 25.7 Å². The average molecular weight is 297 g/mol. The van der Waals surface area contributed by atoms with Gasteiger partial charge in [-0.1, -0.05) is 24.6 Å². The lowest BCUT2D eigenvalue weighted by atomic mass is 10.2. The molecule has 112 valence electrons. The smallest absolute Gasteiger partial charge is 0.304 e. The molecule has 1 aliphatic heterocycles. The van der Waals surface area contributed by atoms with Gasteiger partial charge < -0.3 is 5.73 Å². The Morgan fingerprint density at radius 2 is 1.75 bits per heavy atom. The maximum Gasteiger partial charge on any atom is 0.304 e. The molecule has 0 spiro atoms. The molecule has 0 amide bonds. The maximum atomic E-state index is 12.8. The standard InChI is InChI=1S/C14H23N3O2S/c15-10-7-13-17(14-8-3-1-4-9-14)20(18,19)16-11-5-2-6-12-16/h1,3-4,8-9H,2,5-7,10-13,15H2. The van der Waals surface area contributed by atoms with Gasteiger partial charge in [0.2, 0.25) is 0 Å². The molecule has 1 aromatic rings. The summed E-state index contributed by atoms with van der Waals surface area (Å²) in [5.74, 6) is 0. The minimum Gasteiger partial charge on any atom is -0.330 e. The molecule has 1 heterocycles. The second-order valence-corrected chi connectivity index (χ2v) is 6.87. The number of hydrogen-bond donors (Lipinski definition) is 1. The van der Waals surface area contributed by atoms with Gasteiger partial charge in [-0.15, -0.1) is 0 Å². The Hall–Kier alpha value is -1.11. The Bertz CT molecular complexity index is 498. The highest BCUT2D eigenvalue weighted by atomic mass is 32.2. The summed E-state index contributed by atoms with van der Waals surface area (Å²) < 4.78 is 28.7. The molecule has 2 rings (SSSR count). The molecule has 1 aromatic carbocycles. The van der Waals surface area contributed by atoms with Crippen molar-refractivity contribution >= 4 is 15.9 Å². The van der Waals surface area contributed by atoms with Gasteiger partial charge in [-0.3, -0.25) is 4.31 Å². The van der Waals surface area contributed by atoms with Gasteiger partial charge in [-0.2, -0.15) is 12.7 Å². The number of anilines is 1. The third-order valence-corrected chi connectivity index (χ3v) is 5.50. The summed E-state index contributed by atoms with van der Waals surface area (Å²) in [6, 6.07) is 9.27. The van der Waals surface area contributed by atoms with Crippen molar-refractivity contribution in [1.82, 2.24) is 4.31 Å². The topological polar surface area (TPSA) is 66.6 Å². The molecule has 5 nitrogen and oxygen atoms in total. The molecule has 0 atom stereocenters. The minimum atomic E-state index is -3.44. The third kappa shape index (κ3) is 3.50. The van der Waals surface area contributed by atoms with Gasteiger partial charge in [0.25, 0.3) is 0 Å². The SMILES string of the molecule is NCCCN(c1ccccc1)S(=O)(=O)N1CCCCC1. The molecule has 0 saturated carbocycles. The van der Waals surface area contributed by atoms with Crippen LogP contribution in [-0.2, 0) is 10.2 Å². The Labute approximate surface area is 121 Å². The van der Waals surface area contributed by atoms with Gasteiger partial charge in [-0.25, -0.2) is 0 Å². The number of rotatable bonds is 6. The van der Waals surface area contributed by atoms with Crippen molar-refractivity contribution in [1.29, 1.82) is 0 Å². The minimum absolute atomic E-state index is 0.430. The van der Waals surface area contributed by atoms with Gasteiger partial charge in [0.1, 0.15) is 0 Å². The highest BCUT2D eigenvalue weighted by Crippen LogP contribution is 2.23. The molecule has 0 aromatic heterocycles. The molecule has 1 fully saturated rings. The fraction of sp³-hybridized carbons (Fsp3) is 0.571. The van der Waals surface area contributed by atoms with Crippen LogP contribution in [0.25, 0.3) is 0 Å². The molecular formula is C14H23N3O2S. The van der Waals surface area contributed by atoms with Gasteiger partial charge in [-0.05, 0) is 37.9 Å². The fourth-order valence-corrected chi connectivity index (χ4v) is 4.19. The fourth-order valence-electron chi connectivity index (χ4n) is 2.44. The zero-order valence-corrected chi connectivity index (χ0v) is 12.6. The predicted molar refractivity (Wildman–Crippen MR) is 81.8 cm³/mol. The summed E-state index contributed by atoms with van der Waals surface area (Å²) in [5.41, 5.74) is 6.26. The summed E-state index contributed by atoms with van der Waals surface area (Å²) in [7, 11) is -3.44. The molecule has 0 radical (unpaired) electrons. The maximum absolute atomic E-state index is 12.8. The highest BCUT2D eigenvalue weighted by molar-refractivity contribution is 7.90. The first-order chi connectivity index (χ1) is 9.66. The summed E-state index contributed by atoms with van der Waals surface area (Å²) >= 11 is 0. The second kappa shape index (κ2) is 7.06. The van der Waals surface area contributed by atoms with E-state index in [9.17, 15) is 8.42 Å². The van der Waals surface area contributed by atoms with Gasteiger partial charge in [0, 0.05) is 19.6 Å². The molecule has 0 aliphatic carbocycles. The lowest BCUT2D eigenvalue weighted by Gasteiger charge is -2.33. The van der Waals surface area contributed by atoms with Crippen LogP contribution in [-0.4, -0.2) is 38.9 Å². The zero-order valence-electron chi connectivity index (χ0n) is 11.7. The molecule has 1 saturated heterocycles. The van der Waals surface area contributed by atoms with Gasteiger partial charge >= 0.3 is 10.2 Å². The van der Waals surface area contributed by atoms with E-state index in [0.717, 1.165) is 19.3 Å². The summed E-state index contributed by atoms with van der Waals surface area (Å²) in [6.07, 6.45) is 3.65. The molecule has 20 heavy (non-hydrogen) atoms. The Kier molecular flexibility index (Phi) is 5.39. The Morgan fingerprint density at radius 3 is 2.35 bits per heavy atom.